The van der Waals surface area contributed by atoms with E-state index in [0.717, 1.165) is 0 Å². The highest BCUT2D eigenvalue weighted by atomic mass is 32.2. The summed E-state index contributed by atoms with van der Waals surface area (Å²) >= 11 is 1.22. The number of hydrogen-bond acceptors (Lipinski definition) is 4. The van der Waals surface area contributed by atoms with Crippen LogP contribution in [0.2, 0.25) is 0 Å². The topological polar surface area (TPSA) is 55.2 Å². The van der Waals surface area contributed by atoms with Crippen LogP contribution in [0, 0.1) is 16.0 Å². The van der Waals surface area contributed by atoms with Crippen molar-refractivity contribution >= 4 is 11.8 Å². The lowest BCUT2D eigenvalue weighted by atomic mass is 10.6. The van der Waals surface area contributed by atoms with Gasteiger partial charge in [0, 0.05) is 4.92 Å². The van der Waals surface area contributed by atoms with Gasteiger partial charge in [0.2, 0.25) is 0 Å². The van der Waals surface area contributed by atoms with Crippen molar-refractivity contribution in [2.24, 2.45) is 0 Å². The largest absolute Gasteiger partial charge is 0.296 e. The zero-order valence-electron chi connectivity index (χ0n) is 4.03. The highest BCUT2D eigenvalue weighted by Crippen LogP contribution is 2.17. The van der Waals surface area contributed by atoms with Crippen molar-refractivity contribution in [2.45, 2.75) is 5.37 Å². The first kappa shape index (κ1) is 5.84. The Morgan fingerprint density at radius 1 is 2.00 bits per heavy atom. The van der Waals surface area contributed by atoms with Crippen LogP contribution in [0.1, 0.15) is 0 Å². The van der Waals surface area contributed by atoms with Gasteiger partial charge in [0.1, 0.15) is 0 Å². The fourth-order valence-electron chi connectivity index (χ4n) is 0.448. The number of nitrogens with one attached hydrogen (secondary N) is 1. The average Bonchev–Trinajstić information content (AvgIpc) is 2.12. The lowest BCUT2D eigenvalue weighted by Crippen LogP contribution is -2.19. The Balaban J connectivity index is 2.35. The van der Waals surface area contributed by atoms with Gasteiger partial charge in [-0.25, -0.2) is 0 Å². The first-order chi connectivity index (χ1) is 3.80. The molecule has 1 heterocycles. The van der Waals surface area contributed by atoms with Gasteiger partial charge in [-0.1, -0.05) is 11.8 Å². The molecule has 1 rings (SSSR count). The minimum Gasteiger partial charge on any atom is -0.296 e. The molecule has 0 amide bonds. The van der Waals surface area contributed by atoms with Crippen LogP contribution < -0.4 is 5.32 Å². The van der Waals surface area contributed by atoms with Crippen LogP contribution in [-0.4, -0.2) is 16.8 Å². The molecule has 0 saturated carbocycles. The predicted molar refractivity (Wildman–Crippen MR) is 30.7 cm³/mol. The van der Waals surface area contributed by atoms with Crippen molar-refractivity contribution in [3.63, 3.8) is 0 Å². The Morgan fingerprint density at radius 3 is 3.00 bits per heavy atom. The molecule has 1 aliphatic rings. The van der Waals surface area contributed by atoms with Crippen LogP contribution in [0.5, 0.6) is 0 Å². The van der Waals surface area contributed by atoms with Crippen molar-refractivity contribution in [2.75, 3.05) is 6.54 Å². The van der Waals surface area contributed by atoms with E-state index in [9.17, 15) is 10.1 Å². The molecule has 0 aromatic rings. The van der Waals surface area contributed by atoms with Crippen molar-refractivity contribution in [3.05, 3.63) is 16.0 Å². The van der Waals surface area contributed by atoms with E-state index in [2.05, 4.69) is 5.32 Å². The lowest BCUT2D eigenvalue weighted by molar-refractivity contribution is -0.491. The van der Waals surface area contributed by atoms with Crippen LogP contribution in [0.3, 0.4) is 0 Å². The maximum Gasteiger partial charge on any atom is 0.272 e. The van der Waals surface area contributed by atoms with E-state index in [-0.39, 0.29) is 4.92 Å². The summed E-state index contributed by atoms with van der Waals surface area (Å²) in [5.74, 6) is 1.65. The highest BCUT2D eigenvalue weighted by Gasteiger charge is 2.24. The molecule has 0 spiro atoms. The van der Waals surface area contributed by atoms with Gasteiger partial charge < -0.3 is 0 Å². The third kappa shape index (κ3) is 1.10. The summed E-state index contributed by atoms with van der Waals surface area (Å²) in [5.41, 5.74) is 0. The number of rotatable bonds is 1. The van der Waals surface area contributed by atoms with Crippen molar-refractivity contribution in [3.8, 4) is 0 Å². The van der Waals surface area contributed by atoms with E-state index in [1.807, 2.05) is 0 Å². The Kier molecular flexibility index (Phi) is 1.69. The standard InChI is InChI=1S/C3H5N2O2S/c6-5(7)3-1-4-2-8-3/h2-4H,1H2. The molecule has 45 valence electrons. The minimum atomic E-state index is -0.463. The second-order valence-corrected chi connectivity index (χ2v) is 2.45. The lowest BCUT2D eigenvalue weighted by Gasteiger charge is -1.93. The van der Waals surface area contributed by atoms with Crippen molar-refractivity contribution in [1.29, 1.82) is 0 Å². The number of nitrogens with zero attached hydrogens (tertiary/aromatic N) is 1. The highest BCUT2D eigenvalue weighted by molar-refractivity contribution is 8.01. The number of nitro groups is 1. The molecule has 1 saturated heterocycles. The van der Waals surface area contributed by atoms with E-state index in [0.29, 0.717) is 6.54 Å². The van der Waals surface area contributed by atoms with Gasteiger partial charge in [0.25, 0.3) is 5.37 Å². The summed E-state index contributed by atoms with van der Waals surface area (Å²) in [7, 11) is 0. The van der Waals surface area contributed by atoms with Crippen molar-refractivity contribution < 1.29 is 4.92 Å². The third-order valence-corrected chi connectivity index (χ3v) is 1.79. The number of hydrogen-bond donors (Lipinski definition) is 1. The van der Waals surface area contributed by atoms with E-state index in [1.165, 1.54) is 11.8 Å². The molecule has 1 N–H and O–H groups in total. The molecule has 1 radical (unpaired) electrons. The SMILES string of the molecule is O=[N+]([O-])C1CN[CH]S1. The fraction of sp³-hybridized carbons (Fsp3) is 0.667. The summed E-state index contributed by atoms with van der Waals surface area (Å²) in [5, 5.41) is 12.2. The van der Waals surface area contributed by atoms with Crippen LogP contribution in [0.4, 0.5) is 0 Å². The molecule has 1 fully saturated rings. The summed E-state index contributed by atoms with van der Waals surface area (Å²) < 4.78 is 0. The molecule has 0 aliphatic carbocycles. The minimum absolute atomic E-state index is 0.291. The zero-order chi connectivity index (χ0) is 5.98. The Labute approximate surface area is 50.8 Å². The smallest absolute Gasteiger partial charge is 0.272 e. The molecule has 1 unspecified atom stereocenters. The molecule has 4 nitrogen and oxygen atoms in total. The summed E-state index contributed by atoms with van der Waals surface area (Å²) in [6, 6.07) is 0. The molecule has 1 aliphatic heterocycles. The van der Waals surface area contributed by atoms with Crippen molar-refractivity contribution in [1.82, 2.24) is 5.32 Å². The van der Waals surface area contributed by atoms with Gasteiger partial charge in [-0.05, 0) is 0 Å². The maximum absolute atomic E-state index is 9.93. The fourth-order valence-corrected chi connectivity index (χ4v) is 1.09. The third-order valence-electron chi connectivity index (χ3n) is 0.836. The molecular formula is C3H5N2O2S. The summed E-state index contributed by atoms with van der Waals surface area (Å²) in [6.45, 7) is 0.456. The van der Waals surface area contributed by atoms with E-state index >= 15 is 0 Å². The van der Waals surface area contributed by atoms with Gasteiger partial charge in [0.05, 0.1) is 12.4 Å². The zero-order valence-corrected chi connectivity index (χ0v) is 4.85. The molecular weight excluding hydrogens is 128 g/mol. The van der Waals surface area contributed by atoms with Gasteiger partial charge in [-0.15, -0.1) is 0 Å². The summed E-state index contributed by atoms with van der Waals surface area (Å²) in [4.78, 5) is 9.64. The Morgan fingerprint density at radius 2 is 2.75 bits per heavy atom. The van der Waals surface area contributed by atoms with Gasteiger partial charge >= 0.3 is 0 Å². The molecule has 8 heavy (non-hydrogen) atoms. The number of thioether (sulfide) groups is 1. The van der Waals surface area contributed by atoms with E-state index in [1.54, 1.807) is 5.88 Å². The monoisotopic (exact) mass is 133 g/mol. The second-order valence-electron chi connectivity index (χ2n) is 1.40. The van der Waals surface area contributed by atoms with Crippen LogP contribution in [0.15, 0.2) is 0 Å². The molecule has 5 heteroatoms. The normalized spacial score (nSPS) is 28.2. The molecule has 1 atom stereocenters. The van der Waals surface area contributed by atoms with E-state index < -0.39 is 5.37 Å². The van der Waals surface area contributed by atoms with Crippen LogP contribution in [0.25, 0.3) is 0 Å². The quantitative estimate of drug-likeness (QED) is 0.405. The van der Waals surface area contributed by atoms with Crippen LogP contribution in [-0.2, 0) is 0 Å². The van der Waals surface area contributed by atoms with Crippen LogP contribution >= 0.6 is 11.8 Å². The van der Waals surface area contributed by atoms with E-state index in [4.69, 9.17) is 0 Å². The van der Waals surface area contributed by atoms with Gasteiger partial charge in [-0.3, -0.25) is 15.4 Å². The van der Waals surface area contributed by atoms with Gasteiger partial charge in [-0.2, -0.15) is 0 Å². The Bertz CT molecular complexity index is 101. The van der Waals surface area contributed by atoms with Gasteiger partial charge in [0.15, 0.2) is 0 Å². The second kappa shape index (κ2) is 2.32. The molecule has 0 aromatic carbocycles. The summed E-state index contributed by atoms with van der Waals surface area (Å²) in [6.07, 6.45) is 0. The maximum atomic E-state index is 9.93. The molecule has 0 bridgehead atoms. The first-order valence-corrected chi connectivity index (χ1v) is 3.09. The predicted octanol–water partition coefficient (Wildman–Crippen LogP) is 0.0449. The average molecular weight is 133 g/mol. The molecule has 0 aromatic heterocycles. The first-order valence-electron chi connectivity index (χ1n) is 2.15. The Hall–Kier alpha value is -0.290.